The zero-order valence-electron chi connectivity index (χ0n) is 16.2. The average Bonchev–Trinajstić information content (AvgIpc) is 3.32. The number of fused-ring (bicyclic) bond motifs is 5. The van der Waals surface area contributed by atoms with E-state index in [9.17, 15) is 14.4 Å². The van der Waals surface area contributed by atoms with Crippen LogP contribution >= 0.6 is 0 Å². The summed E-state index contributed by atoms with van der Waals surface area (Å²) in [4.78, 5) is 43.4. The second-order valence-electron chi connectivity index (χ2n) is 7.62. The van der Waals surface area contributed by atoms with Crippen LogP contribution in [0.1, 0.15) is 33.6 Å². The summed E-state index contributed by atoms with van der Waals surface area (Å²) < 4.78 is 0. The van der Waals surface area contributed by atoms with Gasteiger partial charge in [0.15, 0.2) is 0 Å². The minimum absolute atomic E-state index is 0.0940. The van der Waals surface area contributed by atoms with Crippen LogP contribution in [0.3, 0.4) is 0 Å². The van der Waals surface area contributed by atoms with E-state index in [4.69, 9.17) is 0 Å². The van der Waals surface area contributed by atoms with Crippen molar-refractivity contribution in [3.63, 3.8) is 0 Å². The third-order valence-electron chi connectivity index (χ3n) is 6.39. The maximum Gasteiger partial charge on any atom is 0.242 e. The Hall–Kier alpha value is -1.69. The van der Waals surface area contributed by atoms with Crippen LogP contribution in [-0.4, -0.2) is 71.7 Å². The first-order valence-electron chi connectivity index (χ1n) is 10.0. The minimum atomic E-state index is -0.219. The van der Waals surface area contributed by atoms with E-state index < -0.39 is 0 Å². The average molecular weight is 361 g/mol. The Morgan fingerprint density at radius 2 is 1.58 bits per heavy atom. The van der Waals surface area contributed by atoms with Gasteiger partial charge in [-0.1, -0.05) is 26.0 Å². The lowest BCUT2D eigenvalue weighted by atomic mass is 9.85. The van der Waals surface area contributed by atoms with E-state index in [1.807, 2.05) is 6.92 Å². The number of likely N-dealkylation sites (tertiary alicyclic amines) is 1. The number of amides is 3. The van der Waals surface area contributed by atoms with Crippen molar-refractivity contribution in [2.75, 3.05) is 39.3 Å². The molecule has 0 N–H and O–H groups in total. The number of carbonyl (C=O) groups is 3. The topological polar surface area (TPSA) is 60.9 Å². The van der Waals surface area contributed by atoms with Crippen LogP contribution in [0.5, 0.6) is 0 Å². The lowest BCUT2D eigenvalue weighted by Gasteiger charge is -2.25. The molecule has 1 aliphatic heterocycles. The summed E-state index contributed by atoms with van der Waals surface area (Å²) in [5, 5.41) is 0. The summed E-state index contributed by atoms with van der Waals surface area (Å²) >= 11 is 0. The van der Waals surface area contributed by atoms with Crippen LogP contribution in [0.25, 0.3) is 0 Å². The van der Waals surface area contributed by atoms with Crippen LogP contribution in [-0.2, 0) is 14.4 Å². The molecule has 2 aliphatic carbocycles. The maximum atomic E-state index is 12.7. The first kappa shape index (κ1) is 19.1. The van der Waals surface area contributed by atoms with Gasteiger partial charge < -0.3 is 9.80 Å². The van der Waals surface area contributed by atoms with Gasteiger partial charge in [0.25, 0.3) is 0 Å². The molecule has 26 heavy (non-hydrogen) atoms. The monoisotopic (exact) mass is 361 g/mol. The zero-order chi connectivity index (χ0) is 18.8. The van der Waals surface area contributed by atoms with E-state index in [0.29, 0.717) is 13.1 Å². The molecule has 3 aliphatic rings. The van der Waals surface area contributed by atoms with Gasteiger partial charge in [0.2, 0.25) is 17.7 Å². The summed E-state index contributed by atoms with van der Waals surface area (Å²) in [7, 11) is 0. The van der Waals surface area contributed by atoms with Gasteiger partial charge in [0.1, 0.15) is 6.54 Å². The van der Waals surface area contributed by atoms with Gasteiger partial charge in [-0.05, 0) is 51.2 Å². The molecule has 6 nitrogen and oxygen atoms in total. The molecule has 1 heterocycles. The number of rotatable bonds is 9. The fourth-order valence-electron chi connectivity index (χ4n) is 4.84. The van der Waals surface area contributed by atoms with E-state index >= 15 is 0 Å². The van der Waals surface area contributed by atoms with Crippen molar-refractivity contribution in [3.8, 4) is 0 Å². The smallest absolute Gasteiger partial charge is 0.242 e. The molecule has 144 valence electrons. The molecule has 3 rings (SSSR count). The zero-order valence-corrected chi connectivity index (χ0v) is 16.2. The molecule has 3 amide bonds. The molecule has 2 fully saturated rings. The second-order valence-corrected chi connectivity index (χ2v) is 7.62. The first-order chi connectivity index (χ1) is 12.5. The number of allylic oxidation sites excluding steroid dienone is 2. The molecule has 0 radical (unpaired) electrons. The van der Waals surface area contributed by atoms with Crippen LogP contribution in [0.2, 0.25) is 0 Å². The molecule has 0 aromatic carbocycles. The maximum absolute atomic E-state index is 12.7. The summed E-state index contributed by atoms with van der Waals surface area (Å²) in [6, 6.07) is 0. The molecule has 1 saturated heterocycles. The molecule has 0 unspecified atom stereocenters. The van der Waals surface area contributed by atoms with Gasteiger partial charge >= 0.3 is 0 Å². The van der Waals surface area contributed by atoms with Crippen LogP contribution < -0.4 is 0 Å². The predicted molar refractivity (Wildman–Crippen MR) is 99.1 cm³/mol. The lowest BCUT2D eigenvalue weighted by molar-refractivity contribution is -0.147. The van der Waals surface area contributed by atoms with Crippen LogP contribution in [0, 0.1) is 23.7 Å². The SMILES string of the molecule is CCN(CC)CCCN(CC)C(=O)CN1C(=O)[C@@H]2[C@H](C1=O)[C@H]1C=C[C@H]2C1. The molecular weight excluding hydrogens is 330 g/mol. The van der Waals surface area contributed by atoms with Crippen molar-refractivity contribution in [2.24, 2.45) is 23.7 Å². The number of nitrogens with zero attached hydrogens (tertiary/aromatic N) is 3. The molecule has 0 spiro atoms. The van der Waals surface area contributed by atoms with E-state index in [1.165, 1.54) is 4.90 Å². The van der Waals surface area contributed by atoms with Crippen LogP contribution in [0.4, 0.5) is 0 Å². The highest BCUT2D eigenvalue weighted by Gasteiger charge is 2.59. The first-order valence-corrected chi connectivity index (χ1v) is 10.0. The molecule has 2 bridgehead atoms. The lowest BCUT2D eigenvalue weighted by Crippen LogP contribution is -2.44. The molecular formula is C20H31N3O3. The minimum Gasteiger partial charge on any atom is -0.341 e. The van der Waals surface area contributed by atoms with Gasteiger partial charge in [0.05, 0.1) is 11.8 Å². The summed E-state index contributed by atoms with van der Waals surface area (Å²) in [5.41, 5.74) is 0. The number of hydrogen-bond acceptors (Lipinski definition) is 4. The van der Waals surface area contributed by atoms with Crippen molar-refractivity contribution in [1.82, 2.24) is 14.7 Å². The summed E-state index contributed by atoms with van der Waals surface area (Å²) in [5.74, 6) is -0.440. The summed E-state index contributed by atoms with van der Waals surface area (Å²) in [6.07, 6.45) is 5.98. The predicted octanol–water partition coefficient (Wildman–Crippen LogP) is 1.37. The van der Waals surface area contributed by atoms with Crippen molar-refractivity contribution < 1.29 is 14.4 Å². The van der Waals surface area contributed by atoms with Gasteiger partial charge in [-0.2, -0.15) is 0 Å². The second kappa shape index (κ2) is 7.91. The highest BCUT2D eigenvalue weighted by molar-refractivity contribution is 6.08. The molecule has 4 atom stereocenters. The third-order valence-corrected chi connectivity index (χ3v) is 6.39. The highest BCUT2D eigenvalue weighted by Crippen LogP contribution is 2.52. The van der Waals surface area contributed by atoms with Crippen molar-refractivity contribution >= 4 is 17.7 Å². The van der Waals surface area contributed by atoms with E-state index in [1.54, 1.807) is 4.90 Å². The summed E-state index contributed by atoms with van der Waals surface area (Å²) in [6.45, 7) is 10.4. The Bertz CT molecular complexity index is 569. The van der Waals surface area contributed by atoms with Crippen LogP contribution in [0.15, 0.2) is 12.2 Å². The Balaban J connectivity index is 1.55. The fourth-order valence-corrected chi connectivity index (χ4v) is 4.84. The Morgan fingerprint density at radius 1 is 1.00 bits per heavy atom. The fraction of sp³-hybridized carbons (Fsp3) is 0.750. The standard InChI is InChI=1S/C20H31N3O3/c1-4-21(5-2)10-7-11-22(6-3)16(24)13-23-19(25)17-14-8-9-15(12-14)18(17)20(23)26/h8-9,14-15,17-18H,4-7,10-13H2,1-3H3/t14-,15-,17-,18+/m0/s1. The van der Waals surface area contributed by atoms with Gasteiger partial charge in [0, 0.05) is 13.1 Å². The van der Waals surface area contributed by atoms with Gasteiger partial charge in [-0.25, -0.2) is 0 Å². The number of hydrogen-bond donors (Lipinski definition) is 0. The molecule has 6 heteroatoms. The number of imide groups is 1. The highest BCUT2D eigenvalue weighted by atomic mass is 16.2. The molecule has 0 aromatic rings. The normalized spacial score (nSPS) is 29.2. The van der Waals surface area contributed by atoms with Gasteiger partial charge in [-0.3, -0.25) is 19.3 Å². The van der Waals surface area contributed by atoms with E-state index in [-0.39, 0.29) is 47.9 Å². The molecule has 1 saturated carbocycles. The quantitative estimate of drug-likeness (QED) is 0.460. The molecule has 0 aromatic heterocycles. The largest absolute Gasteiger partial charge is 0.341 e. The number of carbonyl (C=O) groups excluding carboxylic acids is 3. The van der Waals surface area contributed by atoms with Crippen molar-refractivity contribution in [2.45, 2.75) is 33.6 Å². The Kier molecular flexibility index (Phi) is 5.80. The van der Waals surface area contributed by atoms with Crippen molar-refractivity contribution in [1.29, 1.82) is 0 Å². The third kappa shape index (κ3) is 3.31. The van der Waals surface area contributed by atoms with E-state index in [0.717, 1.165) is 32.5 Å². The Labute approximate surface area is 156 Å². The van der Waals surface area contributed by atoms with Gasteiger partial charge in [-0.15, -0.1) is 0 Å². The Morgan fingerprint density at radius 3 is 2.08 bits per heavy atom. The van der Waals surface area contributed by atoms with E-state index in [2.05, 4.69) is 30.9 Å². The number of likely N-dealkylation sites (N-methyl/N-ethyl adjacent to an activating group) is 1. The van der Waals surface area contributed by atoms with Crippen molar-refractivity contribution in [3.05, 3.63) is 12.2 Å².